The average molecular weight is 288 g/mol. The molecule has 1 aromatic heterocycles. The minimum atomic E-state index is -1.08. The van der Waals surface area contributed by atoms with Crippen molar-refractivity contribution in [2.24, 2.45) is 0 Å². The second-order valence-corrected chi connectivity index (χ2v) is 6.12. The Hall–Kier alpha value is -2.23. The molecule has 21 heavy (non-hydrogen) atoms. The maximum atomic E-state index is 11.0. The number of carboxylic acids is 1. The molecule has 2 aromatic rings. The summed E-state index contributed by atoms with van der Waals surface area (Å²) in [7, 11) is 0. The van der Waals surface area contributed by atoms with Gasteiger partial charge in [0.2, 0.25) is 5.76 Å². The fourth-order valence-corrected chi connectivity index (χ4v) is 2.16. The number of furan rings is 1. The summed E-state index contributed by atoms with van der Waals surface area (Å²) in [6.07, 6.45) is 1.36. The maximum absolute atomic E-state index is 11.0. The van der Waals surface area contributed by atoms with Gasteiger partial charge < -0.3 is 14.3 Å². The van der Waals surface area contributed by atoms with Crippen molar-refractivity contribution in [3.05, 3.63) is 53.0 Å². The van der Waals surface area contributed by atoms with Gasteiger partial charge in [0.1, 0.15) is 12.4 Å². The van der Waals surface area contributed by atoms with Crippen molar-refractivity contribution in [3.8, 4) is 5.75 Å². The summed E-state index contributed by atoms with van der Waals surface area (Å²) in [6, 6.07) is 7.70. The van der Waals surface area contributed by atoms with Crippen LogP contribution < -0.4 is 4.74 Å². The Morgan fingerprint density at radius 3 is 2.62 bits per heavy atom. The molecule has 2 rings (SSSR count). The number of carboxylic acid groups (broad SMARTS) is 1. The fraction of sp³-hybridized carbons (Fsp3) is 0.353. The molecule has 0 saturated heterocycles. The van der Waals surface area contributed by atoms with Gasteiger partial charge in [-0.25, -0.2) is 4.79 Å². The van der Waals surface area contributed by atoms with Crippen molar-refractivity contribution in [2.75, 3.05) is 0 Å². The minimum Gasteiger partial charge on any atom is -0.488 e. The summed E-state index contributed by atoms with van der Waals surface area (Å²) in [5.74, 6) is -0.376. The Morgan fingerprint density at radius 1 is 1.29 bits per heavy atom. The van der Waals surface area contributed by atoms with Crippen LogP contribution in [0, 0.1) is 6.92 Å². The molecule has 0 saturated carbocycles. The van der Waals surface area contributed by atoms with Crippen LogP contribution >= 0.6 is 0 Å². The van der Waals surface area contributed by atoms with Crippen molar-refractivity contribution in [2.45, 2.75) is 39.7 Å². The van der Waals surface area contributed by atoms with Crippen molar-refractivity contribution in [3.63, 3.8) is 0 Å². The molecular formula is C17H20O4. The van der Waals surface area contributed by atoms with E-state index in [1.54, 1.807) is 6.07 Å². The van der Waals surface area contributed by atoms with Crippen LogP contribution in [-0.4, -0.2) is 11.1 Å². The SMILES string of the molecule is Cc1ccc(C(C)(C)C)c(OCc2ccoc2C(=O)O)c1. The lowest BCUT2D eigenvalue weighted by Gasteiger charge is -2.23. The largest absolute Gasteiger partial charge is 0.488 e. The number of rotatable bonds is 4. The van der Waals surface area contributed by atoms with Crippen molar-refractivity contribution in [1.29, 1.82) is 0 Å². The number of aromatic carboxylic acids is 1. The first-order valence-corrected chi connectivity index (χ1v) is 6.82. The first-order chi connectivity index (χ1) is 9.79. The summed E-state index contributed by atoms with van der Waals surface area (Å²) in [4.78, 5) is 11.0. The Bertz CT molecular complexity index is 647. The van der Waals surface area contributed by atoms with Crippen LogP contribution in [0.3, 0.4) is 0 Å². The van der Waals surface area contributed by atoms with E-state index in [9.17, 15) is 4.79 Å². The Balaban J connectivity index is 2.25. The van der Waals surface area contributed by atoms with Gasteiger partial charge in [-0.2, -0.15) is 0 Å². The van der Waals surface area contributed by atoms with Crippen molar-refractivity contribution >= 4 is 5.97 Å². The van der Waals surface area contributed by atoms with E-state index >= 15 is 0 Å². The van der Waals surface area contributed by atoms with E-state index in [1.165, 1.54) is 6.26 Å². The van der Waals surface area contributed by atoms with Crippen LogP contribution in [0.4, 0.5) is 0 Å². The molecule has 0 radical (unpaired) electrons. The molecule has 1 aromatic carbocycles. The zero-order valence-corrected chi connectivity index (χ0v) is 12.8. The average Bonchev–Trinajstić information content (AvgIpc) is 2.83. The second-order valence-electron chi connectivity index (χ2n) is 6.12. The third kappa shape index (κ3) is 3.45. The lowest BCUT2D eigenvalue weighted by Crippen LogP contribution is -2.14. The molecule has 0 atom stereocenters. The number of hydrogen-bond acceptors (Lipinski definition) is 3. The minimum absolute atomic E-state index is 0.0466. The molecule has 1 heterocycles. The van der Waals surface area contributed by atoms with E-state index in [2.05, 4.69) is 26.8 Å². The quantitative estimate of drug-likeness (QED) is 0.917. The summed E-state index contributed by atoms with van der Waals surface area (Å²) < 4.78 is 10.8. The monoisotopic (exact) mass is 288 g/mol. The highest BCUT2D eigenvalue weighted by atomic mass is 16.5. The molecule has 0 amide bonds. The van der Waals surface area contributed by atoms with E-state index in [0.29, 0.717) is 5.56 Å². The van der Waals surface area contributed by atoms with Gasteiger partial charge in [0, 0.05) is 5.56 Å². The molecular weight excluding hydrogens is 268 g/mol. The normalized spacial score (nSPS) is 11.4. The number of ether oxygens (including phenoxy) is 1. The molecule has 0 fully saturated rings. The molecule has 0 aliphatic heterocycles. The van der Waals surface area contributed by atoms with Gasteiger partial charge in [0.15, 0.2) is 0 Å². The maximum Gasteiger partial charge on any atom is 0.372 e. The van der Waals surface area contributed by atoms with E-state index < -0.39 is 5.97 Å². The van der Waals surface area contributed by atoms with E-state index in [-0.39, 0.29) is 17.8 Å². The van der Waals surface area contributed by atoms with E-state index in [4.69, 9.17) is 14.3 Å². The highest BCUT2D eigenvalue weighted by Gasteiger charge is 2.20. The van der Waals surface area contributed by atoms with Gasteiger partial charge in [-0.3, -0.25) is 0 Å². The molecule has 0 spiro atoms. The van der Waals surface area contributed by atoms with Crippen LogP contribution in [0.15, 0.2) is 34.9 Å². The molecule has 0 aliphatic rings. The zero-order valence-electron chi connectivity index (χ0n) is 12.8. The Kier molecular flexibility index (Phi) is 4.07. The molecule has 112 valence electrons. The number of aryl methyl sites for hydroxylation is 1. The van der Waals surface area contributed by atoms with Gasteiger partial charge >= 0.3 is 5.97 Å². The molecule has 4 heteroatoms. The van der Waals surface area contributed by atoms with Gasteiger partial charge in [-0.05, 0) is 35.6 Å². The summed E-state index contributed by atoms with van der Waals surface area (Å²) in [6.45, 7) is 8.52. The standard InChI is InChI=1S/C17H20O4/c1-11-5-6-13(17(2,3)4)14(9-11)21-10-12-7-8-20-15(12)16(18)19/h5-9H,10H2,1-4H3,(H,18,19). The highest BCUT2D eigenvalue weighted by molar-refractivity contribution is 5.86. The molecule has 0 aliphatic carbocycles. The lowest BCUT2D eigenvalue weighted by molar-refractivity contribution is 0.0658. The topological polar surface area (TPSA) is 59.7 Å². The van der Waals surface area contributed by atoms with Gasteiger partial charge in [-0.1, -0.05) is 32.9 Å². The summed E-state index contributed by atoms with van der Waals surface area (Å²) >= 11 is 0. The summed E-state index contributed by atoms with van der Waals surface area (Å²) in [5, 5.41) is 9.03. The summed E-state index contributed by atoms with van der Waals surface area (Å²) in [5.41, 5.74) is 2.68. The van der Waals surface area contributed by atoms with Crippen LogP contribution in [-0.2, 0) is 12.0 Å². The molecule has 1 N–H and O–H groups in total. The highest BCUT2D eigenvalue weighted by Crippen LogP contribution is 2.32. The smallest absolute Gasteiger partial charge is 0.372 e. The Labute approximate surface area is 124 Å². The van der Waals surface area contributed by atoms with Gasteiger partial charge in [0.25, 0.3) is 0 Å². The van der Waals surface area contributed by atoms with Crippen LogP contribution in [0.25, 0.3) is 0 Å². The number of hydrogen-bond donors (Lipinski definition) is 1. The van der Waals surface area contributed by atoms with Crippen molar-refractivity contribution < 1.29 is 19.1 Å². The Morgan fingerprint density at radius 2 is 2.00 bits per heavy atom. The predicted molar refractivity (Wildman–Crippen MR) is 79.9 cm³/mol. The van der Waals surface area contributed by atoms with Gasteiger partial charge in [0.05, 0.1) is 6.26 Å². The molecule has 0 bridgehead atoms. The third-order valence-electron chi connectivity index (χ3n) is 3.27. The van der Waals surface area contributed by atoms with Gasteiger partial charge in [-0.15, -0.1) is 0 Å². The predicted octanol–water partition coefficient (Wildman–Crippen LogP) is 4.16. The zero-order chi connectivity index (χ0) is 15.6. The molecule has 0 unspecified atom stereocenters. The second kappa shape index (κ2) is 5.64. The first-order valence-electron chi connectivity index (χ1n) is 6.82. The fourth-order valence-electron chi connectivity index (χ4n) is 2.16. The molecule has 4 nitrogen and oxygen atoms in total. The lowest BCUT2D eigenvalue weighted by atomic mass is 9.86. The first kappa shape index (κ1) is 15.2. The van der Waals surface area contributed by atoms with Crippen LogP contribution in [0.5, 0.6) is 5.75 Å². The van der Waals surface area contributed by atoms with E-state index in [1.807, 2.05) is 19.1 Å². The van der Waals surface area contributed by atoms with E-state index in [0.717, 1.165) is 16.9 Å². The number of benzene rings is 1. The number of carbonyl (C=O) groups is 1. The van der Waals surface area contributed by atoms with Crippen LogP contribution in [0.1, 0.15) is 48.0 Å². The van der Waals surface area contributed by atoms with Crippen molar-refractivity contribution in [1.82, 2.24) is 0 Å². The van der Waals surface area contributed by atoms with Crippen LogP contribution in [0.2, 0.25) is 0 Å². The third-order valence-corrected chi connectivity index (χ3v) is 3.27.